The molecule has 0 fully saturated rings. The molecule has 9 nitrogen and oxygen atoms in total. The average Bonchev–Trinajstić information content (AvgIpc) is 2.98. The third kappa shape index (κ3) is 5.62. The molecule has 0 saturated heterocycles. The van der Waals surface area contributed by atoms with E-state index in [0.717, 1.165) is 11.1 Å². The highest BCUT2D eigenvalue weighted by atomic mass is 16.6. The summed E-state index contributed by atoms with van der Waals surface area (Å²) < 4.78 is 11.5. The van der Waals surface area contributed by atoms with E-state index in [0.29, 0.717) is 27.6 Å². The zero-order chi connectivity index (χ0) is 29.8. The van der Waals surface area contributed by atoms with Crippen LogP contribution in [-0.2, 0) is 16.1 Å². The van der Waals surface area contributed by atoms with Gasteiger partial charge in [0.2, 0.25) is 0 Å². The summed E-state index contributed by atoms with van der Waals surface area (Å²) in [6, 6.07) is 23.3. The Kier molecular flexibility index (Phi) is 8.10. The molecule has 5 rings (SSSR count). The summed E-state index contributed by atoms with van der Waals surface area (Å²) >= 11 is 0. The summed E-state index contributed by atoms with van der Waals surface area (Å²) in [5.74, 6) is -1.47. The number of ether oxygens (including phenoxy) is 2. The maximum atomic E-state index is 12.7. The van der Waals surface area contributed by atoms with E-state index in [1.165, 1.54) is 0 Å². The van der Waals surface area contributed by atoms with Gasteiger partial charge in [-0.15, -0.1) is 0 Å². The molecule has 0 bridgehead atoms. The van der Waals surface area contributed by atoms with Crippen molar-refractivity contribution in [1.29, 1.82) is 0 Å². The van der Waals surface area contributed by atoms with Gasteiger partial charge < -0.3 is 14.6 Å². The molecule has 0 atom stereocenters. The minimum atomic E-state index is -1.26. The number of pyridine rings is 1. The van der Waals surface area contributed by atoms with E-state index in [9.17, 15) is 24.8 Å². The Labute approximate surface area is 241 Å². The number of nitrogens with zero attached hydrogens (tertiary/aromatic N) is 2. The first-order valence-electron chi connectivity index (χ1n) is 13.4. The molecule has 4 aromatic carbocycles. The lowest BCUT2D eigenvalue weighted by Gasteiger charge is -2.19. The number of aromatic nitrogens is 1. The van der Waals surface area contributed by atoms with Gasteiger partial charge in [-0.2, -0.15) is 0 Å². The second-order valence-electron chi connectivity index (χ2n) is 9.94. The Hall–Kier alpha value is -5.31. The van der Waals surface area contributed by atoms with Gasteiger partial charge in [0.1, 0.15) is 12.4 Å². The molecule has 0 radical (unpaired) electrons. The SMILES string of the molecule is Cc1ccc2c(C(=O)O)c3c(OCCCC(=O)OCc4ccccc4)c(C)c(-c4ccccc4)c([N+](=O)[O-])c3nc2c1. The topological polar surface area (TPSA) is 129 Å². The van der Waals surface area contributed by atoms with Crippen LogP contribution in [0, 0.1) is 24.0 Å². The number of nitro groups is 1. The molecule has 0 spiro atoms. The first kappa shape index (κ1) is 28.2. The van der Waals surface area contributed by atoms with Gasteiger partial charge in [-0.3, -0.25) is 14.9 Å². The van der Waals surface area contributed by atoms with Crippen molar-refractivity contribution in [2.75, 3.05) is 6.61 Å². The molecule has 0 aliphatic heterocycles. The quantitative estimate of drug-likeness (QED) is 0.0621. The summed E-state index contributed by atoms with van der Waals surface area (Å²) in [7, 11) is 0. The van der Waals surface area contributed by atoms with Gasteiger partial charge in [0.05, 0.1) is 33.6 Å². The molecule has 1 N–H and O–H groups in total. The molecule has 42 heavy (non-hydrogen) atoms. The Morgan fingerprint density at radius 1 is 0.976 bits per heavy atom. The summed E-state index contributed by atoms with van der Waals surface area (Å²) in [4.78, 5) is 41.7. The van der Waals surface area contributed by atoms with E-state index in [-0.39, 0.29) is 54.0 Å². The molecule has 1 heterocycles. The largest absolute Gasteiger partial charge is 0.493 e. The van der Waals surface area contributed by atoms with Gasteiger partial charge in [-0.25, -0.2) is 9.78 Å². The van der Waals surface area contributed by atoms with Gasteiger partial charge in [-0.1, -0.05) is 72.8 Å². The van der Waals surface area contributed by atoms with Crippen LogP contribution < -0.4 is 4.74 Å². The molecule has 0 saturated carbocycles. The van der Waals surface area contributed by atoms with Crippen molar-refractivity contribution in [1.82, 2.24) is 4.98 Å². The molecule has 1 aromatic heterocycles. The number of hydrogen-bond acceptors (Lipinski definition) is 7. The Morgan fingerprint density at radius 3 is 2.33 bits per heavy atom. The highest BCUT2D eigenvalue weighted by molar-refractivity contribution is 6.19. The molecule has 0 aliphatic rings. The number of aromatic carboxylic acids is 1. The van der Waals surface area contributed by atoms with Crippen LogP contribution in [0.2, 0.25) is 0 Å². The number of carboxylic acids is 1. The first-order valence-corrected chi connectivity index (χ1v) is 13.4. The molecular formula is C33H28N2O7. The van der Waals surface area contributed by atoms with Gasteiger partial charge in [0.15, 0.2) is 5.52 Å². The van der Waals surface area contributed by atoms with E-state index in [4.69, 9.17) is 9.47 Å². The van der Waals surface area contributed by atoms with Crippen molar-refractivity contribution in [2.45, 2.75) is 33.3 Å². The number of esters is 1. The third-order valence-electron chi connectivity index (χ3n) is 7.02. The third-order valence-corrected chi connectivity index (χ3v) is 7.02. The molecule has 0 unspecified atom stereocenters. The maximum Gasteiger partial charge on any atom is 0.337 e. The number of benzene rings is 4. The maximum absolute atomic E-state index is 12.7. The Balaban J connectivity index is 1.59. The average molecular weight is 565 g/mol. The van der Waals surface area contributed by atoms with Crippen molar-refractivity contribution >= 4 is 39.4 Å². The molecule has 5 aromatic rings. The zero-order valence-electron chi connectivity index (χ0n) is 23.1. The van der Waals surface area contributed by atoms with Gasteiger partial charge in [0.25, 0.3) is 0 Å². The number of carbonyl (C=O) groups is 2. The van der Waals surface area contributed by atoms with Crippen LogP contribution in [0.1, 0.15) is 39.9 Å². The Morgan fingerprint density at radius 2 is 1.67 bits per heavy atom. The number of fused-ring (bicyclic) bond motifs is 2. The fourth-order valence-corrected chi connectivity index (χ4v) is 5.10. The van der Waals surface area contributed by atoms with Crippen LogP contribution in [0.3, 0.4) is 0 Å². The van der Waals surface area contributed by atoms with Gasteiger partial charge in [-0.05, 0) is 43.0 Å². The number of aryl methyl sites for hydroxylation is 1. The van der Waals surface area contributed by atoms with Crippen molar-refractivity contribution in [3.05, 3.63) is 111 Å². The number of carboxylic acid groups (broad SMARTS) is 1. The monoisotopic (exact) mass is 564 g/mol. The van der Waals surface area contributed by atoms with E-state index in [1.54, 1.807) is 55.5 Å². The standard InChI is InChI=1S/C33H28N2O7/c1-20-15-16-24-25(18-20)34-30-29(28(24)33(37)38)32(21(2)27(31(30)35(39)40)23-12-7-4-8-13-23)41-17-9-14-26(36)42-19-22-10-5-3-6-11-22/h3-8,10-13,15-16,18H,9,14,17,19H2,1-2H3,(H,37,38). The fourth-order valence-electron chi connectivity index (χ4n) is 5.10. The smallest absolute Gasteiger partial charge is 0.337 e. The molecule has 0 aliphatic carbocycles. The van der Waals surface area contributed by atoms with E-state index < -0.39 is 16.9 Å². The number of hydrogen-bond donors (Lipinski definition) is 1. The molecular weight excluding hydrogens is 536 g/mol. The summed E-state index contributed by atoms with van der Waals surface area (Å²) in [6.07, 6.45) is 0.364. The highest BCUT2D eigenvalue weighted by Crippen LogP contribution is 2.47. The second-order valence-corrected chi connectivity index (χ2v) is 9.94. The minimum Gasteiger partial charge on any atom is -0.493 e. The zero-order valence-corrected chi connectivity index (χ0v) is 23.1. The normalized spacial score (nSPS) is 11.0. The van der Waals surface area contributed by atoms with E-state index >= 15 is 0 Å². The number of nitro benzene ring substituents is 1. The van der Waals surface area contributed by atoms with Crippen LogP contribution >= 0.6 is 0 Å². The lowest BCUT2D eigenvalue weighted by Crippen LogP contribution is -2.10. The van der Waals surface area contributed by atoms with E-state index in [2.05, 4.69) is 4.98 Å². The van der Waals surface area contributed by atoms with Gasteiger partial charge in [0, 0.05) is 17.4 Å². The van der Waals surface area contributed by atoms with Crippen LogP contribution in [0.25, 0.3) is 32.9 Å². The van der Waals surface area contributed by atoms with Crippen LogP contribution in [0.15, 0.2) is 78.9 Å². The molecule has 212 valence electrons. The first-order chi connectivity index (χ1) is 20.3. The fraction of sp³-hybridized carbons (Fsp3) is 0.182. The highest BCUT2D eigenvalue weighted by Gasteiger charge is 2.32. The van der Waals surface area contributed by atoms with Crippen molar-refractivity contribution in [2.24, 2.45) is 0 Å². The minimum absolute atomic E-state index is 0.0490. The van der Waals surface area contributed by atoms with Crippen molar-refractivity contribution < 1.29 is 29.1 Å². The summed E-state index contributed by atoms with van der Waals surface area (Å²) in [6.45, 7) is 3.72. The second kappa shape index (κ2) is 12.1. The summed E-state index contributed by atoms with van der Waals surface area (Å²) in [5.41, 5.74) is 2.81. The predicted octanol–water partition coefficient (Wildman–Crippen LogP) is 7.18. The van der Waals surface area contributed by atoms with Crippen LogP contribution in [-0.4, -0.2) is 33.6 Å². The van der Waals surface area contributed by atoms with E-state index in [1.807, 2.05) is 37.3 Å². The lowest BCUT2D eigenvalue weighted by atomic mass is 9.91. The Bertz CT molecular complexity index is 1820. The molecule has 9 heteroatoms. The van der Waals surface area contributed by atoms with Crippen molar-refractivity contribution in [3.63, 3.8) is 0 Å². The lowest BCUT2D eigenvalue weighted by molar-refractivity contribution is -0.382. The van der Waals surface area contributed by atoms with Gasteiger partial charge >= 0.3 is 17.6 Å². The predicted molar refractivity (Wildman–Crippen MR) is 159 cm³/mol. The van der Waals surface area contributed by atoms with Crippen molar-refractivity contribution in [3.8, 4) is 16.9 Å². The molecule has 0 amide bonds. The summed E-state index contributed by atoms with van der Waals surface area (Å²) in [5, 5.41) is 23.3. The van der Waals surface area contributed by atoms with Crippen LogP contribution in [0.5, 0.6) is 5.75 Å². The number of rotatable bonds is 10. The number of carbonyl (C=O) groups excluding carboxylic acids is 1. The van der Waals surface area contributed by atoms with Crippen LogP contribution in [0.4, 0.5) is 5.69 Å².